The zero-order valence-corrected chi connectivity index (χ0v) is 15.3. The van der Waals surface area contributed by atoms with Crippen LogP contribution in [0.2, 0.25) is 0 Å². The van der Waals surface area contributed by atoms with Crippen LogP contribution in [0.5, 0.6) is 0 Å². The molecule has 0 radical (unpaired) electrons. The monoisotopic (exact) mass is 353 g/mol. The molecule has 1 heterocycles. The predicted molar refractivity (Wildman–Crippen MR) is 97.9 cm³/mol. The number of hydrogen-bond donors (Lipinski definition) is 1. The van der Waals surface area contributed by atoms with E-state index in [0.717, 1.165) is 24.3 Å². The van der Waals surface area contributed by atoms with Crippen LogP contribution in [-0.2, 0) is 14.8 Å². The highest BCUT2D eigenvalue weighted by atomic mass is 32.2. The molecule has 0 bridgehead atoms. The van der Waals surface area contributed by atoms with Gasteiger partial charge < -0.3 is 9.64 Å². The highest BCUT2D eigenvalue weighted by molar-refractivity contribution is 7.89. The van der Waals surface area contributed by atoms with Crippen LogP contribution >= 0.6 is 0 Å². The molecule has 7 heteroatoms. The Morgan fingerprint density at radius 2 is 1.92 bits per heavy atom. The van der Waals surface area contributed by atoms with Crippen LogP contribution in [-0.4, -0.2) is 66.0 Å². The van der Waals surface area contributed by atoms with Crippen molar-refractivity contribution in [2.24, 2.45) is 0 Å². The van der Waals surface area contributed by atoms with E-state index in [1.807, 2.05) is 19.0 Å². The second kappa shape index (κ2) is 8.62. The first-order valence-electron chi connectivity index (χ1n) is 8.10. The maximum atomic E-state index is 12.0. The van der Waals surface area contributed by atoms with Gasteiger partial charge in [0.05, 0.1) is 19.0 Å². The summed E-state index contributed by atoms with van der Waals surface area (Å²) in [4.78, 5) is 4.31. The van der Waals surface area contributed by atoms with Gasteiger partial charge in [-0.2, -0.15) is 0 Å². The number of nitrogens with one attached hydrogen (secondary N) is 1. The summed E-state index contributed by atoms with van der Waals surface area (Å²) in [6, 6.07) is 8.24. The number of ether oxygens (including phenoxy) is 1. The van der Waals surface area contributed by atoms with Gasteiger partial charge >= 0.3 is 0 Å². The number of sulfonamides is 1. The summed E-state index contributed by atoms with van der Waals surface area (Å²) < 4.78 is 32.0. The van der Waals surface area contributed by atoms with Crippen molar-refractivity contribution in [2.45, 2.75) is 6.04 Å². The Morgan fingerprint density at radius 1 is 1.29 bits per heavy atom. The minimum absolute atomic E-state index is 0.00953. The maximum absolute atomic E-state index is 12.0. The lowest BCUT2D eigenvalue weighted by Crippen LogP contribution is -2.44. The Labute approximate surface area is 145 Å². The van der Waals surface area contributed by atoms with Crippen LogP contribution < -0.4 is 9.62 Å². The topological polar surface area (TPSA) is 61.9 Å². The van der Waals surface area contributed by atoms with E-state index >= 15 is 0 Å². The van der Waals surface area contributed by atoms with Crippen LogP contribution in [0.4, 0.5) is 5.69 Å². The molecular formula is C17H27N3O3S. The molecule has 0 aliphatic carbocycles. The number of morpholine rings is 1. The third-order valence-corrected chi connectivity index (χ3v) is 5.40. The standard InChI is InChI=1S/C17H27N3O3S/c1-4-13-24(21,22)18-14-17(20-9-11-23-12-10-20)15-5-7-16(8-6-15)19(2)3/h4-8,17-18H,1,9-14H2,2-3H3/t17-/m1/s1. The molecule has 2 rings (SSSR count). The molecule has 0 amide bonds. The fourth-order valence-electron chi connectivity index (χ4n) is 2.76. The van der Waals surface area contributed by atoms with Crippen molar-refractivity contribution in [3.63, 3.8) is 0 Å². The zero-order valence-electron chi connectivity index (χ0n) is 14.4. The summed E-state index contributed by atoms with van der Waals surface area (Å²) in [5, 5.41) is 0. The van der Waals surface area contributed by atoms with Crippen LogP contribution in [0, 0.1) is 0 Å². The van der Waals surface area contributed by atoms with Crippen LogP contribution in [0.25, 0.3) is 0 Å². The van der Waals surface area contributed by atoms with Gasteiger partial charge in [0, 0.05) is 45.5 Å². The van der Waals surface area contributed by atoms with E-state index in [1.165, 1.54) is 6.08 Å². The molecule has 1 N–H and O–H groups in total. The van der Waals surface area contributed by atoms with E-state index in [-0.39, 0.29) is 11.8 Å². The van der Waals surface area contributed by atoms with Crippen molar-refractivity contribution in [1.82, 2.24) is 9.62 Å². The van der Waals surface area contributed by atoms with Crippen molar-refractivity contribution < 1.29 is 13.2 Å². The van der Waals surface area contributed by atoms with Crippen molar-refractivity contribution in [2.75, 3.05) is 57.6 Å². The Morgan fingerprint density at radius 3 is 2.46 bits per heavy atom. The van der Waals surface area contributed by atoms with Gasteiger partial charge in [-0.1, -0.05) is 18.2 Å². The first-order valence-corrected chi connectivity index (χ1v) is 9.75. The Hall–Kier alpha value is -1.41. The highest BCUT2D eigenvalue weighted by Crippen LogP contribution is 2.24. The van der Waals surface area contributed by atoms with Crippen LogP contribution in [0.1, 0.15) is 11.6 Å². The molecular weight excluding hydrogens is 326 g/mol. The van der Waals surface area contributed by atoms with Gasteiger partial charge in [-0.3, -0.25) is 4.90 Å². The van der Waals surface area contributed by atoms with E-state index < -0.39 is 10.0 Å². The van der Waals surface area contributed by atoms with Gasteiger partial charge in [0.2, 0.25) is 10.0 Å². The Balaban J connectivity index is 2.17. The summed E-state index contributed by atoms with van der Waals surface area (Å²) >= 11 is 0. The quantitative estimate of drug-likeness (QED) is 0.713. The van der Waals surface area contributed by atoms with Crippen molar-refractivity contribution in [3.05, 3.63) is 42.5 Å². The first-order chi connectivity index (χ1) is 11.4. The van der Waals surface area contributed by atoms with Gasteiger partial charge in [0.15, 0.2) is 0 Å². The number of anilines is 1. The smallest absolute Gasteiger partial charge is 0.215 e. The first kappa shape index (κ1) is 18.9. The number of rotatable bonds is 8. The molecule has 0 spiro atoms. The zero-order chi connectivity index (χ0) is 17.6. The van der Waals surface area contributed by atoms with Gasteiger partial charge in [-0.05, 0) is 17.7 Å². The molecule has 1 aromatic rings. The van der Waals surface area contributed by atoms with Crippen molar-refractivity contribution in [3.8, 4) is 0 Å². The third-order valence-electron chi connectivity index (χ3n) is 4.11. The largest absolute Gasteiger partial charge is 0.379 e. The average Bonchev–Trinajstić information content (AvgIpc) is 2.56. The molecule has 6 nitrogen and oxygen atoms in total. The molecule has 1 atom stereocenters. The number of hydrogen-bond acceptors (Lipinski definition) is 5. The molecule has 1 fully saturated rings. The van der Waals surface area contributed by atoms with Gasteiger partial charge in [0.1, 0.15) is 0 Å². The summed E-state index contributed by atoms with van der Waals surface area (Å²) in [6.45, 7) is 6.78. The summed E-state index contributed by atoms with van der Waals surface area (Å²) in [6.07, 6.45) is 1.40. The molecule has 1 saturated heterocycles. The normalized spacial score (nSPS) is 17.4. The van der Waals surface area contributed by atoms with E-state index in [4.69, 9.17) is 4.74 Å². The molecule has 24 heavy (non-hydrogen) atoms. The fourth-order valence-corrected chi connectivity index (χ4v) is 3.60. The van der Waals surface area contributed by atoms with E-state index in [9.17, 15) is 8.42 Å². The third kappa shape index (κ3) is 5.31. The molecule has 1 aliphatic heterocycles. The lowest BCUT2D eigenvalue weighted by molar-refractivity contribution is 0.0172. The van der Waals surface area contributed by atoms with Crippen molar-refractivity contribution >= 4 is 15.7 Å². The second-order valence-corrected chi connectivity index (χ2v) is 7.92. The van der Waals surface area contributed by atoms with Crippen LogP contribution in [0.3, 0.4) is 0 Å². The average molecular weight is 353 g/mol. The molecule has 0 saturated carbocycles. The van der Waals surface area contributed by atoms with Gasteiger partial charge in [-0.25, -0.2) is 13.1 Å². The second-order valence-electron chi connectivity index (χ2n) is 6.07. The minimum Gasteiger partial charge on any atom is -0.379 e. The van der Waals surface area contributed by atoms with Gasteiger partial charge in [0.25, 0.3) is 0 Å². The molecule has 0 aromatic heterocycles. The van der Waals surface area contributed by atoms with Crippen molar-refractivity contribution in [1.29, 1.82) is 0 Å². The lowest BCUT2D eigenvalue weighted by Gasteiger charge is -2.35. The Kier molecular flexibility index (Phi) is 6.79. The predicted octanol–water partition coefficient (Wildman–Crippen LogP) is 1.23. The molecule has 1 aliphatic rings. The summed E-state index contributed by atoms with van der Waals surface area (Å²) in [7, 11) is 0.667. The molecule has 0 unspecified atom stereocenters. The highest BCUT2D eigenvalue weighted by Gasteiger charge is 2.24. The number of nitrogens with zero attached hydrogens (tertiary/aromatic N) is 2. The fraction of sp³-hybridized carbons (Fsp3) is 0.529. The number of benzene rings is 1. The SMILES string of the molecule is C=CCS(=O)(=O)NC[C@H](c1ccc(N(C)C)cc1)N1CCOCC1. The summed E-state index contributed by atoms with van der Waals surface area (Å²) in [5.41, 5.74) is 2.22. The van der Waals surface area contributed by atoms with E-state index in [0.29, 0.717) is 19.8 Å². The summed E-state index contributed by atoms with van der Waals surface area (Å²) in [5.74, 6) is -0.0671. The van der Waals surface area contributed by atoms with E-state index in [2.05, 4.69) is 40.5 Å². The Bertz CT molecular complexity index is 623. The van der Waals surface area contributed by atoms with E-state index in [1.54, 1.807) is 0 Å². The molecule has 134 valence electrons. The molecule has 1 aromatic carbocycles. The lowest BCUT2D eigenvalue weighted by atomic mass is 10.0. The maximum Gasteiger partial charge on any atom is 0.215 e. The van der Waals surface area contributed by atoms with Crippen LogP contribution in [0.15, 0.2) is 36.9 Å². The minimum atomic E-state index is -3.33. The van der Waals surface area contributed by atoms with Gasteiger partial charge in [-0.15, -0.1) is 6.58 Å².